The molecule has 0 saturated heterocycles. The highest BCUT2D eigenvalue weighted by Crippen LogP contribution is 2.31. The number of carbonyl (C=O) groups is 2. The number of hydrogen-bond donors (Lipinski definition) is 1. The molecule has 0 saturated carbocycles. The lowest BCUT2D eigenvalue weighted by atomic mass is 9.86. The summed E-state index contributed by atoms with van der Waals surface area (Å²) in [6, 6.07) is 22.8. The Morgan fingerprint density at radius 1 is 0.743 bits per heavy atom. The molecule has 0 bridgehead atoms. The Bertz CT molecular complexity index is 1390. The van der Waals surface area contributed by atoms with Gasteiger partial charge in [0, 0.05) is 23.6 Å². The van der Waals surface area contributed by atoms with Crippen molar-refractivity contribution in [1.29, 1.82) is 0 Å². The largest absolute Gasteiger partial charge is 0.475 e. The number of ketones is 1. The van der Waals surface area contributed by atoms with Crippen LogP contribution in [0.15, 0.2) is 72.9 Å². The number of rotatable bonds is 5. The lowest BCUT2D eigenvalue weighted by molar-refractivity contribution is -0.131. The van der Waals surface area contributed by atoms with E-state index in [1.165, 1.54) is 11.1 Å². The van der Waals surface area contributed by atoms with Crippen molar-refractivity contribution in [2.45, 2.75) is 58.9 Å². The van der Waals surface area contributed by atoms with Gasteiger partial charge in [-0.3, -0.25) is 4.79 Å². The molecule has 0 fully saturated rings. The molecule has 0 amide bonds. The van der Waals surface area contributed by atoms with Crippen LogP contribution in [0, 0.1) is 0 Å². The monoisotopic (exact) mass is 467 g/mol. The number of aromatic nitrogens is 1. The highest BCUT2D eigenvalue weighted by Gasteiger charge is 2.22. The molecule has 4 nitrogen and oxygen atoms in total. The quantitative estimate of drug-likeness (QED) is 0.249. The van der Waals surface area contributed by atoms with E-state index < -0.39 is 11.8 Å². The van der Waals surface area contributed by atoms with Gasteiger partial charge in [-0.2, -0.15) is 0 Å². The molecule has 0 aliphatic carbocycles. The van der Waals surface area contributed by atoms with Crippen LogP contribution in [0.25, 0.3) is 22.0 Å². The molecule has 4 aromatic rings. The van der Waals surface area contributed by atoms with E-state index in [9.17, 15) is 14.7 Å². The zero-order valence-electron chi connectivity index (χ0n) is 21.3. The van der Waals surface area contributed by atoms with Crippen molar-refractivity contribution in [1.82, 2.24) is 4.57 Å². The van der Waals surface area contributed by atoms with Gasteiger partial charge in [-0.1, -0.05) is 96.1 Å². The van der Waals surface area contributed by atoms with Crippen molar-refractivity contribution in [3.05, 3.63) is 95.2 Å². The van der Waals surface area contributed by atoms with Gasteiger partial charge in [0.15, 0.2) is 0 Å². The van der Waals surface area contributed by atoms with Crippen LogP contribution in [0.1, 0.15) is 68.6 Å². The van der Waals surface area contributed by atoms with Gasteiger partial charge < -0.3 is 9.67 Å². The summed E-state index contributed by atoms with van der Waals surface area (Å²) in [5.74, 6) is -2.34. The van der Waals surface area contributed by atoms with Crippen LogP contribution in [-0.2, 0) is 22.2 Å². The molecule has 0 spiro atoms. The molecular formula is C31H33NO3. The van der Waals surface area contributed by atoms with Gasteiger partial charge in [0.25, 0.3) is 5.78 Å². The fraction of sp³-hybridized carbons (Fsp3) is 0.290. The molecule has 0 radical (unpaired) electrons. The third kappa shape index (κ3) is 5.07. The number of carboxylic acids is 1. The van der Waals surface area contributed by atoms with Crippen molar-refractivity contribution in [3.63, 3.8) is 0 Å². The van der Waals surface area contributed by atoms with Crippen LogP contribution in [-0.4, -0.2) is 21.4 Å². The average molecular weight is 468 g/mol. The molecule has 0 aliphatic heterocycles. The molecule has 4 rings (SSSR count). The van der Waals surface area contributed by atoms with Gasteiger partial charge >= 0.3 is 5.97 Å². The minimum Gasteiger partial charge on any atom is -0.475 e. The van der Waals surface area contributed by atoms with Crippen LogP contribution >= 0.6 is 0 Å². The normalized spacial score (nSPS) is 12.2. The second-order valence-electron chi connectivity index (χ2n) is 11.3. The van der Waals surface area contributed by atoms with E-state index in [-0.39, 0.29) is 16.4 Å². The molecule has 0 unspecified atom stereocenters. The summed E-state index contributed by atoms with van der Waals surface area (Å²) >= 11 is 0. The third-order valence-corrected chi connectivity index (χ3v) is 6.58. The Hall–Kier alpha value is -3.66. The summed E-state index contributed by atoms with van der Waals surface area (Å²) in [5.41, 5.74) is 6.74. The Morgan fingerprint density at radius 2 is 1.26 bits per heavy atom. The molecule has 3 aromatic carbocycles. The highest BCUT2D eigenvalue weighted by molar-refractivity contribution is 6.42. The predicted molar refractivity (Wildman–Crippen MR) is 142 cm³/mol. The van der Waals surface area contributed by atoms with E-state index in [4.69, 9.17) is 0 Å². The summed E-state index contributed by atoms with van der Waals surface area (Å²) in [6.45, 7) is 13.6. The number of Topliss-reactive ketones (excluding diaryl/α,β-unsaturated/α-hetero) is 1. The maximum Gasteiger partial charge on any atom is 0.377 e. The molecule has 1 heterocycles. The van der Waals surface area contributed by atoms with Crippen molar-refractivity contribution in [3.8, 4) is 11.1 Å². The molecule has 1 aromatic heterocycles. The topological polar surface area (TPSA) is 59.3 Å². The Morgan fingerprint density at radius 3 is 1.77 bits per heavy atom. The average Bonchev–Trinajstić information content (AvgIpc) is 3.15. The van der Waals surface area contributed by atoms with Crippen LogP contribution < -0.4 is 0 Å². The minimum atomic E-state index is -1.45. The van der Waals surface area contributed by atoms with E-state index in [1.807, 2.05) is 22.8 Å². The molecule has 0 atom stereocenters. The number of carbonyl (C=O) groups excluding carboxylic acids is 1. The smallest absolute Gasteiger partial charge is 0.377 e. The first-order valence-electron chi connectivity index (χ1n) is 12.0. The van der Waals surface area contributed by atoms with E-state index in [0.29, 0.717) is 11.9 Å². The van der Waals surface area contributed by atoms with E-state index in [2.05, 4.69) is 90.1 Å². The lowest BCUT2D eigenvalue weighted by Crippen LogP contribution is -2.12. The van der Waals surface area contributed by atoms with Gasteiger partial charge in [0.05, 0.1) is 5.56 Å². The molecule has 4 heteroatoms. The maximum absolute atomic E-state index is 12.6. The van der Waals surface area contributed by atoms with Crippen molar-refractivity contribution in [2.75, 3.05) is 0 Å². The van der Waals surface area contributed by atoms with Crippen LogP contribution in [0.4, 0.5) is 0 Å². The number of hydrogen-bond acceptors (Lipinski definition) is 2. The van der Waals surface area contributed by atoms with Gasteiger partial charge in [-0.15, -0.1) is 0 Å². The van der Waals surface area contributed by atoms with Gasteiger partial charge in [-0.25, -0.2) is 4.79 Å². The number of carboxylic acid groups (broad SMARTS) is 1. The van der Waals surface area contributed by atoms with Gasteiger partial charge in [0.1, 0.15) is 0 Å². The van der Waals surface area contributed by atoms with Gasteiger partial charge in [0.2, 0.25) is 0 Å². The highest BCUT2D eigenvalue weighted by atomic mass is 16.4. The molecule has 1 N–H and O–H groups in total. The summed E-state index contributed by atoms with van der Waals surface area (Å²) in [5, 5.41) is 10.1. The third-order valence-electron chi connectivity index (χ3n) is 6.58. The summed E-state index contributed by atoms with van der Waals surface area (Å²) in [4.78, 5) is 24.1. The summed E-state index contributed by atoms with van der Waals surface area (Å²) < 4.78 is 1.96. The standard InChI is InChI=1S/C31H33NO3/c1-30(2,3)23-12-7-20(8-13-23)18-32-19-26(28(33)29(34)35)25-17-22(11-16-27(25)32)21-9-14-24(15-10-21)31(4,5)6/h7-17,19H,18H2,1-6H3,(H,34,35). The maximum atomic E-state index is 12.6. The van der Waals surface area contributed by atoms with E-state index in [1.54, 1.807) is 6.20 Å². The summed E-state index contributed by atoms with van der Waals surface area (Å²) in [6.07, 6.45) is 1.67. The van der Waals surface area contributed by atoms with Crippen LogP contribution in [0.2, 0.25) is 0 Å². The Kier molecular flexibility index (Phi) is 6.18. The lowest BCUT2D eigenvalue weighted by Gasteiger charge is -2.19. The minimum absolute atomic E-state index is 0.0614. The van der Waals surface area contributed by atoms with E-state index in [0.717, 1.165) is 22.2 Å². The van der Waals surface area contributed by atoms with Gasteiger partial charge in [-0.05, 0) is 50.8 Å². The molecule has 180 valence electrons. The molecule has 35 heavy (non-hydrogen) atoms. The first kappa shape index (κ1) is 24.5. The van der Waals surface area contributed by atoms with Crippen molar-refractivity contribution >= 4 is 22.7 Å². The second kappa shape index (κ2) is 8.84. The number of fused-ring (bicyclic) bond motifs is 1. The van der Waals surface area contributed by atoms with Crippen LogP contribution in [0.5, 0.6) is 0 Å². The zero-order chi connectivity index (χ0) is 25.5. The van der Waals surface area contributed by atoms with Crippen molar-refractivity contribution < 1.29 is 14.7 Å². The number of benzene rings is 3. The second-order valence-corrected chi connectivity index (χ2v) is 11.3. The first-order valence-corrected chi connectivity index (χ1v) is 12.0. The fourth-order valence-electron chi connectivity index (χ4n) is 4.37. The van der Waals surface area contributed by atoms with Crippen molar-refractivity contribution in [2.24, 2.45) is 0 Å². The Labute approximate surface area is 207 Å². The predicted octanol–water partition coefficient (Wildman–Crippen LogP) is 7.22. The first-order chi connectivity index (χ1) is 16.3. The fourth-order valence-corrected chi connectivity index (χ4v) is 4.37. The van der Waals surface area contributed by atoms with Crippen LogP contribution in [0.3, 0.4) is 0 Å². The Balaban J connectivity index is 1.76. The number of aliphatic carboxylic acids is 1. The summed E-state index contributed by atoms with van der Waals surface area (Å²) in [7, 11) is 0. The molecular weight excluding hydrogens is 434 g/mol. The molecule has 0 aliphatic rings. The van der Waals surface area contributed by atoms with E-state index >= 15 is 0 Å². The zero-order valence-corrected chi connectivity index (χ0v) is 21.3. The SMILES string of the molecule is CC(C)(C)c1ccc(Cn2cc(C(=O)C(=O)O)c3cc(-c4ccc(C(C)(C)C)cc4)ccc32)cc1. The number of nitrogens with zero attached hydrogens (tertiary/aromatic N) is 1.